The van der Waals surface area contributed by atoms with Crippen LogP contribution >= 0.6 is 0 Å². The molecule has 0 atom stereocenters. The maximum absolute atomic E-state index is 13.1. The van der Waals surface area contributed by atoms with Gasteiger partial charge >= 0.3 is 0 Å². The Kier molecular flexibility index (Phi) is 6.09. The van der Waals surface area contributed by atoms with E-state index in [1.54, 1.807) is 18.3 Å². The number of hydrogen-bond donors (Lipinski definition) is 3. The van der Waals surface area contributed by atoms with Gasteiger partial charge in [0.25, 0.3) is 11.8 Å². The number of nitrogens with one attached hydrogen (secondary N) is 2. The van der Waals surface area contributed by atoms with Gasteiger partial charge in [0.05, 0.1) is 33.3 Å². The van der Waals surface area contributed by atoms with Gasteiger partial charge in [-0.3, -0.25) is 14.6 Å². The number of hydrogen-bond acceptors (Lipinski definition) is 6. The van der Waals surface area contributed by atoms with Gasteiger partial charge in [-0.05, 0) is 47.5 Å². The van der Waals surface area contributed by atoms with Crippen molar-refractivity contribution in [2.75, 3.05) is 5.32 Å². The van der Waals surface area contributed by atoms with Crippen LogP contribution in [0.4, 0.5) is 5.69 Å². The fourth-order valence-corrected chi connectivity index (χ4v) is 5.67. The van der Waals surface area contributed by atoms with E-state index in [9.17, 15) is 23.1 Å². The van der Waals surface area contributed by atoms with Gasteiger partial charge in [0.15, 0.2) is 0 Å². The van der Waals surface area contributed by atoms with Gasteiger partial charge in [0.1, 0.15) is 0 Å². The Morgan fingerprint density at radius 1 is 0.917 bits per heavy atom. The summed E-state index contributed by atoms with van der Waals surface area (Å²) < 4.78 is 26.2. The van der Waals surface area contributed by atoms with E-state index in [1.165, 1.54) is 30.3 Å². The number of anilines is 1. The van der Waals surface area contributed by atoms with Crippen molar-refractivity contribution < 1.29 is 23.1 Å². The molecule has 0 saturated heterocycles. The minimum atomic E-state index is -3.94. The van der Waals surface area contributed by atoms with Crippen LogP contribution < -0.4 is 10.6 Å². The van der Waals surface area contributed by atoms with Crippen LogP contribution in [0, 0.1) is 0 Å². The molecule has 3 N–H and O–H groups in total. The fourth-order valence-electron chi connectivity index (χ4n) is 4.08. The lowest BCUT2D eigenvalue weighted by Gasteiger charge is -2.11. The Morgan fingerprint density at radius 2 is 1.67 bits per heavy atom. The quantitative estimate of drug-likeness (QED) is 0.386. The van der Waals surface area contributed by atoms with Gasteiger partial charge in [0, 0.05) is 23.9 Å². The van der Waals surface area contributed by atoms with E-state index in [-0.39, 0.29) is 39.8 Å². The number of fused-ring (bicyclic) bond motifs is 2. The molecule has 1 aromatic heterocycles. The second-order valence-electron chi connectivity index (χ2n) is 8.21. The van der Waals surface area contributed by atoms with Crippen LogP contribution in [0.2, 0.25) is 0 Å². The van der Waals surface area contributed by atoms with E-state index in [2.05, 4.69) is 15.6 Å². The molecule has 8 nitrogen and oxygen atoms in total. The molecule has 0 saturated carbocycles. The maximum atomic E-state index is 13.1. The lowest BCUT2D eigenvalue weighted by molar-refractivity contribution is 0.0949. The van der Waals surface area contributed by atoms with E-state index in [0.717, 1.165) is 16.7 Å². The molecular weight excluding hydrogens is 478 g/mol. The number of aromatic nitrogens is 1. The molecule has 5 rings (SSSR count). The number of sulfone groups is 1. The summed E-state index contributed by atoms with van der Waals surface area (Å²) in [5, 5.41) is 14.9. The van der Waals surface area contributed by atoms with Crippen LogP contribution in [0.15, 0.2) is 94.9 Å². The lowest BCUT2D eigenvalue weighted by Crippen LogP contribution is -2.23. The SMILES string of the molecule is O=C(NCc1ccc(-c2ccccc2CO)nc1)c1ccc2c(c1)NC(=O)c1ccccc1S2(=O)=O. The molecule has 180 valence electrons. The zero-order valence-electron chi connectivity index (χ0n) is 18.9. The van der Waals surface area contributed by atoms with Gasteiger partial charge < -0.3 is 15.7 Å². The van der Waals surface area contributed by atoms with Crippen LogP contribution in [0.3, 0.4) is 0 Å². The molecule has 9 heteroatoms. The van der Waals surface area contributed by atoms with E-state index >= 15 is 0 Å². The van der Waals surface area contributed by atoms with Crippen LogP contribution in [0.5, 0.6) is 0 Å². The first-order chi connectivity index (χ1) is 17.4. The number of nitrogens with zero attached hydrogens (tertiary/aromatic N) is 1. The third-order valence-corrected chi connectivity index (χ3v) is 7.81. The first kappa shape index (κ1) is 23.4. The largest absolute Gasteiger partial charge is 0.392 e. The lowest BCUT2D eigenvalue weighted by atomic mass is 10.0. The minimum absolute atomic E-state index is 0.0530. The average molecular weight is 500 g/mol. The smallest absolute Gasteiger partial charge is 0.257 e. The number of amides is 2. The van der Waals surface area contributed by atoms with Gasteiger partial charge in [-0.25, -0.2) is 8.42 Å². The third-order valence-electron chi connectivity index (χ3n) is 5.94. The van der Waals surface area contributed by atoms with Crippen molar-refractivity contribution in [2.45, 2.75) is 22.9 Å². The topological polar surface area (TPSA) is 125 Å². The molecule has 0 spiro atoms. The van der Waals surface area contributed by atoms with Crippen molar-refractivity contribution >= 4 is 27.3 Å². The molecule has 0 radical (unpaired) electrons. The highest BCUT2D eigenvalue weighted by atomic mass is 32.2. The Balaban J connectivity index is 1.33. The van der Waals surface area contributed by atoms with E-state index < -0.39 is 21.7 Å². The van der Waals surface area contributed by atoms with Crippen molar-refractivity contribution in [1.29, 1.82) is 0 Å². The predicted octanol–water partition coefficient (Wildman–Crippen LogP) is 3.57. The highest BCUT2D eigenvalue weighted by molar-refractivity contribution is 7.91. The Morgan fingerprint density at radius 3 is 2.42 bits per heavy atom. The fraction of sp³-hybridized carbons (Fsp3) is 0.0741. The Hall–Kier alpha value is -4.34. The number of aliphatic hydroxyl groups is 1. The summed E-state index contributed by atoms with van der Waals surface area (Å²) in [6, 6.07) is 21.2. The molecule has 2 amide bonds. The normalized spacial score (nSPS) is 13.6. The van der Waals surface area contributed by atoms with E-state index in [1.807, 2.05) is 36.4 Å². The van der Waals surface area contributed by atoms with Crippen molar-refractivity contribution in [3.05, 3.63) is 107 Å². The highest BCUT2D eigenvalue weighted by Gasteiger charge is 2.31. The third kappa shape index (κ3) is 4.26. The molecule has 1 aliphatic rings. The molecule has 0 unspecified atom stereocenters. The molecule has 0 fully saturated rings. The second-order valence-corrected chi connectivity index (χ2v) is 10.1. The molecule has 1 aliphatic heterocycles. The number of carbonyl (C=O) groups excluding carboxylic acids is 2. The molecule has 0 aliphatic carbocycles. The number of benzene rings is 3. The number of rotatable bonds is 5. The minimum Gasteiger partial charge on any atom is -0.392 e. The van der Waals surface area contributed by atoms with Crippen molar-refractivity contribution in [2.24, 2.45) is 0 Å². The summed E-state index contributed by atoms with van der Waals surface area (Å²) in [7, 11) is -3.94. The first-order valence-corrected chi connectivity index (χ1v) is 12.6. The molecule has 0 bridgehead atoms. The first-order valence-electron chi connectivity index (χ1n) is 11.1. The highest BCUT2D eigenvalue weighted by Crippen LogP contribution is 2.34. The monoisotopic (exact) mass is 499 g/mol. The van der Waals surface area contributed by atoms with Crippen LogP contribution in [0.25, 0.3) is 11.3 Å². The van der Waals surface area contributed by atoms with Crippen molar-refractivity contribution in [1.82, 2.24) is 10.3 Å². The number of aliphatic hydroxyl groups excluding tert-OH is 1. The summed E-state index contributed by atoms with van der Waals surface area (Å²) in [5.41, 5.74) is 3.38. The summed E-state index contributed by atoms with van der Waals surface area (Å²) in [6.07, 6.45) is 1.64. The number of pyridine rings is 1. The summed E-state index contributed by atoms with van der Waals surface area (Å²) >= 11 is 0. The predicted molar refractivity (Wildman–Crippen MR) is 133 cm³/mol. The molecular formula is C27H21N3O5S. The molecule has 4 aromatic rings. The second kappa shape index (κ2) is 9.37. The molecule has 2 heterocycles. The van der Waals surface area contributed by atoms with Crippen molar-refractivity contribution in [3.8, 4) is 11.3 Å². The van der Waals surface area contributed by atoms with Gasteiger partial charge in [-0.15, -0.1) is 0 Å². The zero-order valence-corrected chi connectivity index (χ0v) is 19.7. The maximum Gasteiger partial charge on any atom is 0.257 e. The Labute approximate surface area is 207 Å². The zero-order chi connectivity index (χ0) is 25.3. The van der Waals surface area contributed by atoms with Gasteiger partial charge in [-0.1, -0.05) is 42.5 Å². The van der Waals surface area contributed by atoms with Crippen LogP contribution in [0.1, 0.15) is 31.8 Å². The number of carbonyl (C=O) groups is 2. The van der Waals surface area contributed by atoms with E-state index in [4.69, 9.17) is 0 Å². The average Bonchev–Trinajstić information content (AvgIpc) is 2.99. The molecule has 36 heavy (non-hydrogen) atoms. The van der Waals surface area contributed by atoms with Gasteiger partial charge in [-0.2, -0.15) is 0 Å². The van der Waals surface area contributed by atoms with Crippen molar-refractivity contribution in [3.63, 3.8) is 0 Å². The summed E-state index contributed by atoms with van der Waals surface area (Å²) in [6.45, 7) is 0.102. The van der Waals surface area contributed by atoms with Crippen LogP contribution in [-0.4, -0.2) is 30.3 Å². The van der Waals surface area contributed by atoms with Crippen LogP contribution in [-0.2, 0) is 23.0 Å². The van der Waals surface area contributed by atoms with E-state index in [0.29, 0.717) is 5.69 Å². The summed E-state index contributed by atoms with van der Waals surface area (Å²) in [4.78, 5) is 29.7. The summed E-state index contributed by atoms with van der Waals surface area (Å²) in [5.74, 6) is -0.986. The Bertz CT molecular complexity index is 1600. The standard InChI is InChI=1S/C27H21N3O5S/c31-16-19-5-1-2-6-20(19)22-11-9-17(14-28-22)15-29-26(32)18-10-12-25-23(13-18)30-27(33)21-7-3-4-8-24(21)36(25,34)35/h1-14,31H,15-16H2,(H,29,32)(H,30,33). The van der Waals surface area contributed by atoms with Gasteiger partial charge in [0.2, 0.25) is 9.84 Å². The molecule has 3 aromatic carbocycles.